The molecular weight excluding hydrogens is 342 g/mol. The lowest BCUT2D eigenvalue weighted by molar-refractivity contribution is -0.122. The van der Waals surface area contributed by atoms with Crippen LogP contribution in [-0.4, -0.2) is 63.3 Å². The van der Waals surface area contributed by atoms with Crippen LogP contribution in [0.2, 0.25) is 0 Å². The number of carbonyl (C=O) groups excluding carboxylic acids is 3. The molecular formula is C17H25N3O6. The summed E-state index contributed by atoms with van der Waals surface area (Å²) in [6.07, 6.45) is -0.842. The van der Waals surface area contributed by atoms with Gasteiger partial charge in [0.15, 0.2) is 11.5 Å². The minimum Gasteiger partial charge on any atom is -0.490 e. The van der Waals surface area contributed by atoms with Gasteiger partial charge in [0.2, 0.25) is 11.8 Å². The summed E-state index contributed by atoms with van der Waals surface area (Å²) in [5.74, 6) is 0.263. The number of benzene rings is 1. The predicted molar refractivity (Wildman–Crippen MR) is 95.5 cm³/mol. The molecule has 0 fully saturated rings. The van der Waals surface area contributed by atoms with Crippen LogP contribution in [0.4, 0.5) is 10.5 Å². The van der Waals surface area contributed by atoms with Crippen LogP contribution in [0.5, 0.6) is 11.5 Å². The van der Waals surface area contributed by atoms with Crippen LogP contribution in [0.15, 0.2) is 18.2 Å². The van der Waals surface area contributed by atoms with Crippen molar-refractivity contribution in [3.63, 3.8) is 0 Å². The largest absolute Gasteiger partial charge is 0.490 e. The Balaban J connectivity index is 2.60. The van der Waals surface area contributed by atoms with Crippen LogP contribution in [0, 0.1) is 0 Å². The normalized spacial score (nSPS) is 10.2. The monoisotopic (exact) mass is 367 g/mol. The average Bonchev–Trinajstić information content (AvgIpc) is 2.56. The topological polar surface area (TPSA) is 106 Å². The Labute approximate surface area is 152 Å². The Bertz CT molecular complexity index is 635. The van der Waals surface area contributed by atoms with Gasteiger partial charge in [-0.3, -0.25) is 19.8 Å². The summed E-state index contributed by atoms with van der Waals surface area (Å²) in [5.41, 5.74) is 0.550. The van der Waals surface area contributed by atoms with Crippen LogP contribution in [0.3, 0.4) is 0 Å². The maximum atomic E-state index is 12.1. The van der Waals surface area contributed by atoms with Gasteiger partial charge in [-0.05, 0) is 33.0 Å². The second-order valence-electron chi connectivity index (χ2n) is 5.29. The number of nitrogens with one attached hydrogen (secondary N) is 2. The van der Waals surface area contributed by atoms with E-state index in [-0.39, 0.29) is 19.0 Å². The molecule has 0 aliphatic rings. The van der Waals surface area contributed by atoms with E-state index >= 15 is 0 Å². The molecule has 0 aliphatic heterocycles. The number of anilines is 1. The number of amides is 3. The van der Waals surface area contributed by atoms with Crippen LogP contribution >= 0.6 is 0 Å². The number of alkyl carbamates (subject to hydrolysis) is 1. The Morgan fingerprint density at radius 1 is 1.00 bits per heavy atom. The Kier molecular flexibility index (Phi) is 8.93. The third-order valence-electron chi connectivity index (χ3n) is 3.08. The molecule has 0 spiro atoms. The Morgan fingerprint density at radius 2 is 1.62 bits per heavy atom. The summed E-state index contributed by atoms with van der Waals surface area (Å²) in [7, 11) is 2.74. The van der Waals surface area contributed by atoms with E-state index in [1.165, 1.54) is 4.90 Å². The molecule has 0 heterocycles. The van der Waals surface area contributed by atoms with E-state index in [9.17, 15) is 14.4 Å². The van der Waals surface area contributed by atoms with Gasteiger partial charge >= 0.3 is 6.09 Å². The van der Waals surface area contributed by atoms with Gasteiger partial charge in [0.1, 0.15) is 0 Å². The van der Waals surface area contributed by atoms with E-state index in [1.54, 1.807) is 25.2 Å². The van der Waals surface area contributed by atoms with Crippen molar-refractivity contribution in [2.75, 3.05) is 45.8 Å². The fourth-order valence-electron chi connectivity index (χ4n) is 2.08. The van der Waals surface area contributed by atoms with Gasteiger partial charge in [-0.1, -0.05) is 0 Å². The van der Waals surface area contributed by atoms with Crippen molar-refractivity contribution < 1.29 is 28.6 Å². The maximum absolute atomic E-state index is 12.1. The zero-order chi connectivity index (χ0) is 19.5. The third-order valence-corrected chi connectivity index (χ3v) is 3.08. The first-order chi connectivity index (χ1) is 12.4. The minimum absolute atomic E-state index is 0.0359. The highest BCUT2D eigenvalue weighted by Gasteiger charge is 2.14. The molecule has 144 valence electrons. The van der Waals surface area contributed by atoms with Crippen molar-refractivity contribution in [2.24, 2.45) is 0 Å². The van der Waals surface area contributed by atoms with Crippen molar-refractivity contribution in [3.05, 3.63) is 18.2 Å². The van der Waals surface area contributed by atoms with E-state index in [4.69, 9.17) is 9.47 Å². The predicted octanol–water partition coefficient (Wildman–Crippen LogP) is 1.24. The maximum Gasteiger partial charge on any atom is 0.413 e. The van der Waals surface area contributed by atoms with Gasteiger partial charge in [0.05, 0.1) is 33.4 Å². The van der Waals surface area contributed by atoms with Crippen molar-refractivity contribution in [1.29, 1.82) is 0 Å². The SMILES string of the molecule is CCOc1ccc(NC(=O)CN(C)CC(=O)NC(=O)OC)cc1OCC. The van der Waals surface area contributed by atoms with E-state index in [0.29, 0.717) is 30.4 Å². The molecule has 0 radical (unpaired) electrons. The van der Waals surface area contributed by atoms with Crippen molar-refractivity contribution in [2.45, 2.75) is 13.8 Å². The molecule has 9 nitrogen and oxygen atoms in total. The van der Waals surface area contributed by atoms with Crippen molar-refractivity contribution >= 4 is 23.6 Å². The molecule has 26 heavy (non-hydrogen) atoms. The van der Waals surface area contributed by atoms with Gasteiger partial charge in [-0.2, -0.15) is 0 Å². The van der Waals surface area contributed by atoms with Gasteiger partial charge in [-0.15, -0.1) is 0 Å². The fraction of sp³-hybridized carbons (Fsp3) is 0.471. The van der Waals surface area contributed by atoms with Crippen LogP contribution in [0.25, 0.3) is 0 Å². The molecule has 1 aromatic carbocycles. The van der Waals surface area contributed by atoms with Crippen molar-refractivity contribution in [1.82, 2.24) is 10.2 Å². The summed E-state index contributed by atoms with van der Waals surface area (Å²) in [5, 5.41) is 4.75. The molecule has 9 heteroatoms. The van der Waals surface area contributed by atoms with E-state index < -0.39 is 12.0 Å². The molecule has 0 aliphatic carbocycles. The minimum atomic E-state index is -0.842. The van der Waals surface area contributed by atoms with Crippen LogP contribution in [-0.2, 0) is 14.3 Å². The smallest absolute Gasteiger partial charge is 0.413 e. The lowest BCUT2D eigenvalue weighted by Gasteiger charge is -2.16. The molecule has 3 amide bonds. The van der Waals surface area contributed by atoms with Crippen LogP contribution in [0.1, 0.15) is 13.8 Å². The van der Waals surface area contributed by atoms with Gasteiger partial charge in [-0.25, -0.2) is 4.79 Å². The molecule has 1 aromatic rings. The molecule has 1 rings (SSSR count). The summed E-state index contributed by atoms with van der Waals surface area (Å²) in [4.78, 5) is 36.1. The molecule has 0 unspecified atom stereocenters. The highest BCUT2D eigenvalue weighted by Crippen LogP contribution is 2.30. The lowest BCUT2D eigenvalue weighted by Crippen LogP contribution is -2.41. The van der Waals surface area contributed by atoms with Gasteiger partial charge in [0.25, 0.3) is 0 Å². The van der Waals surface area contributed by atoms with Gasteiger partial charge in [0, 0.05) is 11.8 Å². The fourth-order valence-corrected chi connectivity index (χ4v) is 2.08. The molecule has 0 saturated heterocycles. The summed E-state index contributed by atoms with van der Waals surface area (Å²) in [6, 6.07) is 5.10. The zero-order valence-corrected chi connectivity index (χ0v) is 15.5. The zero-order valence-electron chi connectivity index (χ0n) is 15.5. The van der Waals surface area contributed by atoms with Crippen LogP contribution < -0.4 is 20.1 Å². The summed E-state index contributed by atoms with van der Waals surface area (Å²) >= 11 is 0. The first-order valence-corrected chi connectivity index (χ1v) is 8.15. The first kappa shape index (κ1) is 21.2. The number of nitrogens with zero attached hydrogens (tertiary/aromatic N) is 1. The highest BCUT2D eigenvalue weighted by atomic mass is 16.5. The summed E-state index contributed by atoms with van der Waals surface area (Å²) < 4.78 is 15.3. The lowest BCUT2D eigenvalue weighted by atomic mass is 10.2. The Hall–Kier alpha value is -2.81. The molecule has 0 bridgehead atoms. The number of imide groups is 1. The standard InChI is InChI=1S/C17H25N3O6/c1-5-25-13-8-7-12(9-14(13)26-6-2)18-15(21)10-20(3)11-16(22)19-17(23)24-4/h7-9H,5-6,10-11H2,1-4H3,(H,18,21)(H,19,22,23). The number of rotatable bonds is 9. The number of methoxy groups -OCH3 is 1. The number of carbonyl (C=O) groups is 3. The molecule has 0 saturated carbocycles. The number of ether oxygens (including phenoxy) is 3. The van der Waals surface area contributed by atoms with E-state index in [0.717, 1.165) is 7.11 Å². The third kappa shape index (κ3) is 7.39. The van der Waals surface area contributed by atoms with E-state index in [2.05, 4.69) is 10.1 Å². The Morgan fingerprint density at radius 3 is 2.23 bits per heavy atom. The average molecular weight is 367 g/mol. The second-order valence-corrected chi connectivity index (χ2v) is 5.29. The molecule has 0 atom stereocenters. The van der Waals surface area contributed by atoms with Crippen molar-refractivity contribution in [3.8, 4) is 11.5 Å². The number of hydrogen-bond acceptors (Lipinski definition) is 7. The number of likely N-dealkylation sites (N-methyl/N-ethyl adjacent to an activating group) is 1. The quantitative estimate of drug-likeness (QED) is 0.676. The number of hydrogen-bond donors (Lipinski definition) is 2. The second kappa shape index (κ2) is 10.9. The highest BCUT2D eigenvalue weighted by molar-refractivity contribution is 5.94. The molecule has 0 aromatic heterocycles. The molecule has 2 N–H and O–H groups in total. The summed E-state index contributed by atoms with van der Waals surface area (Å²) in [6.45, 7) is 4.54. The first-order valence-electron chi connectivity index (χ1n) is 8.15. The van der Waals surface area contributed by atoms with Gasteiger partial charge < -0.3 is 19.5 Å². The van der Waals surface area contributed by atoms with E-state index in [1.807, 2.05) is 19.2 Å².